The van der Waals surface area contributed by atoms with Gasteiger partial charge in [0.25, 0.3) is 0 Å². The van der Waals surface area contributed by atoms with Gasteiger partial charge in [0.05, 0.1) is 17.5 Å². The number of nitrogens with zero attached hydrogens (tertiary/aromatic N) is 4. The van der Waals surface area contributed by atoms with E-state index in [2.05, 4.69) is 16.7 Å². The van der Waals surface area contributed by atoms with Gasteiger partial charge in [0.15, 0.2) is 10.8 Å². The first-order valence-electron chi connectivity index (χ1n) is 6.40. The highest BCUT2D eigenvalue weighted by atomic mass is 32.2. The number of thioether (sulfide) groups is 1. The molecule has 0 spiro atoms. The lowest BCUT2D eigenvalue weighted by Crippen LogP contribution is -2.09. The van der Waals surface area contributed by atoms with Gasteiger partial charge in [-0.1, -0.05) is 24.8 Å². The van der Waals surface area contributed by atoms with Gasteiger partial charge in [-0.05, 0) is 13.3 Å². The summed E-state index contributed by atoms with van der Waals surface area (Å²) < 4.78 is 3.79. The fourth-order valence-corrected chi connectivity index (χ4v) is 2.92. The first-order valence-corrected chi connectivity index (χ1v) is 7.39. The molecule has 6 nitrogen and oxygen atoms in total. The average Bonchev–Trinajstić information content (AvgIpc) is 2.93. The molecule has 1 N–H and O–H groups in total. The molecule has 0 amide bonds. The molecule has 0 aliphatic carbocycles. The summed E-state index contributed by atoms with van der Waals surface area (Å²) in [6.45, 7) is 7.84. The van der Waals surface area contributed by atoms with Crippen molar-refractivity contribution in [1.29, 1.82) is 0 Å². The summed E-state index contributed by atoms with van der Waals surface area (Å²) >= 11 is 1.22. The van der Waals surface area contributed by atoms with Crippen molar-refractivity contribution in [2.45, 2.75) is 31.5 Å². The van der Waals surface area contributed by atoms with E-state index in [0.717, 1.165) is 23.3 Å². The van der Waals surface area contributed by atoms with E-state index in [4.69, 9.17) is 5.11 Å². The minimum absolute atomic E-state index is 0.0118. The number of aliphatic carboxylic acids is 1. The Bertz CT molecular complexity index is 659. The zero-order valence-electron chi connectivity index (χ0n) is 11.8. The highest BCUT2D eigenvalue weighted by Crippen LogP contribution is 2.29. The number of carbonyl (C=O) groups is 1. The van der Waals surface area contributed by atoms with E-state index in [1.54, 1.807) is 4.68 Å². The van der Waals surface area contributed by atoms with Gasteiger partial charge in [-0.25, -0.2) is 4.98 Å². The molecule has 2 aromatic rings. The smallest absolute Gasteiger partial charge is 0.313 e. The number of fused-ring (bicyclic) bond motifs is 1. The monoisotopic (exact) mass is 294 g/mol. The van der Waals surface area contributed by atoms with Gasteiger partial charge >= 0.3 is 5.97 Å². The van der Waals surface area contributed by atoms with Crippen molar-refractivity contribution < 1.29 is 9.90 Å². The van der Waals surface area contributed by atoms with Gasteiger partial charge in [0.2, 0.25) is 0 Å². The standard InChI is InChI=1S/C13H18N4O2S/c1-5-8(3)17-12-11(9(6-2)15-16(12)4)14-13(17)20-7-10(18)19/h5,8H,1,6-7H2,2-4H3,(H,18,19). The first kappa shape index (κ1) is 14.6. The zero-order chi connectivity index (χ0) is 14.9. The lowest BCUT2D eigenvalue weighted by molar-refractivity contribution is -0.133. The van der Waals surface area contributed by atoms with Crippen LogP contribution < -0.4 is 0 Å². The van der Waals surface area contributed by atoms with Crippen molar-refractivity contribution in [3.63, 3.8) is 0 Å². The average molecular weight is 294 g/mol. The molecule has 20 heavy (non-hydrogen) atoms. The first-order chi connectivity index (χ1) is 9.49. The van der Waals surface area contributed by atoms with Crippen LogP contribution in [0.5, 0.6) is 0 Å². The molecule has 0 bridgehead atoms. The minimum Gasteiger partial charge on any atom is -0.481 e. The van der Waals surface area contributed by atoms with E-state index in [9.17, 15) is 4.79 Å². The second-order valence-electron chi connectivity index (χ2n) is 4.52. The number of allylic oxidation sites excluding steroid dienone is 1. The molecule has 2 aromatic heterocycles. The summed E-state index contributed by atoms with van der Waals surface area (Å²) in [6, 6.07) is 0.0244. The normalized spacial score (nSPS) is 12.8. The molecular formula is C13H18N4O2S. The van der Waals surface area contributed by atoms with Crippen molar-refractivity contribution in [2.75, 3.05) is 5.75 Å². The molecule has 2 heterocycles. The van der Waals surface area contributed by atoms with Crippen molar-refractivity contribution in [1.82, 2.24) is 19.3 Å². The van der Waals surface area contributed by atoms with Crippen LogP contribution in [0.2, 0.25) is 0 Å². The Balaban J connectivity index is 2.60. The number of aromatic nitrogens is 4. The Morgan fingerprint density at radius 1 is 1.60 bits per heavy atom. The van der Waals surface area contributed by atoms with Crippen LogP contribution in [0, 0.1) is 0 Å². The second-order valence-corrected chi connectivity index (χ2v) is 5.46. The van der Waals surface area contributed by atoms with Crippen LogP contribution in [0.25, 0.3) is 11.2 Å². The molecule has 0 radical (unpaired) electrons. The van der Waals surface area contributed by atoms with E-state index in [-0.39, 0.29) is 11.8 Å². The van der Waals surface area contributed by atoms with Crippen LogP contribution in [0.3, 0.4) is 0 Å². The van der Waals surface area contributed by atoms with E-state index < -0.39 is 5.97 Å². The lowest BCUT2D eigenvalue weighted by atomic mass is 10.3. The lowest BCUT2D eigenvalue weighted by Gasteiger charge is -2.13. The summed E-state index contributed by atoms with van der Waals surface area (Å²) in [5, 5.41) is 14.0. The molecule has 1 unspecified atom stereocenters. The van der Waals surface area contributed by atoms with Crippen LogP contribution in [0.4, 0.5) is 0 Å². The van der Waals surface area contributed by atoms with Gasteiger partial charge < -0.3 is 5.11 Å². The summed E-state index contributed by atoms with van der Waals surface area (Å²) in [5.74, 6) is -0.865. The van der Waals surface area contributed by atoms with Crippen LogP contribution >= 0.6 is 11.8 Å². The Morgan fingerprint density at radius 2 is 2.30 bits per heavy atom. The van der Waals surface area contributed by atoms with Crippen LogP contribution in [0.1, 0.15) is 25.6 Å². The number of imidazole rings is 1. The van der Waals surface area contributed by atoms with Crippen molar-refractivity contribution in [2.24, 2.45) is 7.05 Å². The molecule has 0 aromatic carbocycles. The Kier molecular flexibility index (Phi) is 4.17. The van der Waals surface area contributed by atoms with Crippen molar-refractivity contribution in [3.8, 4) is 0 Å². The van der Waals surface area contributed by atoms with Gasteiger partial charge in [-0.2, -0.15) is 5.10 Å². The van der Waals surface area contributed by atoms with Gasteiger partial charge in [-0.3, -0.25) is 14.0 Å². The molecule has 0 aliphatic rings. The molecular weight excluding hydrogens is 276 g/mol. The van der Waals surface area contributed by atoms with Crippen LogP contribution in [0.15, 0.2) is 17.8 Å². The molecule has 0 saturated heterocycles. The van der Waals surface area contributed by atoms with Crippen LogP contribution in [-0.4, -0.2) is 36.2 Å². The van der Waals surface area contributed by atoms with Crippen LogP contribution in [-0.2, 0) is 18.3 Å². The summed E-state index contributed by atoms with van der Waals surface area (Å²) in [7, 11) is 1.88. The predicted molar refractivity (Wildman–Crippen MR) is 79.1 cm³/mol. The largest absolute Gasteiger partial charge is 0.481 e. The third-order valence-electron chi connectivity index (χ3n) is 3.11. The molecule has 0 saturated carbocycles. The maximum absolute atomic E-state index is 10.8. The van der Waals surface area contributed by atoms with Gasteiger partial charge in [0.1, 0.15) is 5.52 Å². The van der Waals surface area contributed by atoms with Crippen molar-refractivity contribution in [3.05, 3.63) is 18.3 Å². The number of carboxylic acids is 1. The number of hydrogen-bond acceptors (Lipinski definition) is 4. The molecule has 0 fully saturated rings. The number of hydrogen-bond donors (Lipinski definition) is 1. The Labute approximate surface area is 121 Å². The predicted octanol–water partition coefficient (Wildman–Crippen LogP) is 2.26. The zero-order valence-corrected chi connectivity index (χ0v) is 12.6. The Hall–Kier alpha value is -1.76. The third kappa shape index (κ3) is 2.45. The van der Waals surface area contributed by atoms with E-state index in [1.807, 2.05) is 31.5 Å². The fourth-order valence-electron chi connectivity index (χ4n) is 2.12. The highest BCUT2D eigenvalue weighted by molar-refractivity contribution is 7.99. The second kappa shape index (κ2) is 5.70. The topological polar surface area (TPSA) is 72.9 Å². The minimum atomic E-state index is -0.853. The van der Waals surface area contributed by atoms with Gasteiger partial charge in [-0.15, -0.1) is 6.58 Å². The maximum Gasteiger partial charge on any atom is 0.313 e. The fraction of sp³-hybridized carbons (Fsp3) is 0.462. The summed E-state index contributed by atoms with van der Waals surface area (Å²) in [6.07, 6.45) is 2.60. The quantitative estimate of drug-likeness (QED) is 0.653. The molecule has 1 atom stereocenters. The third-order valence-corrected chi connectivity index (χ3v) is 4.05. The Morgan fingerprint density at radius 3 is 2.85 bits per heavy atom. The van der Waals surface area contributed by atoms with E-state index in [1.165, 1.54) is 11.8 Å². The van der Waals surface area contributed by atoms with Gasteiger partial charge in [0, 0.05) is 7.05 Å². The number of rotatable bonds is 6. The molecule has 0 aliphatic heterocycles. The maximum atomic E-state index is 10.8. The number of aryl methyl sites for hydroxylation is 2. The molecule has 108 valence electrons. The van der Waals surface area contributed by atoms with E-state index in [0.29, 0.717) is 5.16 Å². The summed E-state index contributed by atoms with van der Waals surface area (Å²) in [4.78, 5) is 15.3. The van der Waals surface area contributed by atoms with Crippen molar-refractivity contribution >= 4 is 28.9 Å². The highest BCUT2D eigenvalue weighted by Gasteiger charge is 2.21. The SMILES string of the molecule is C=CC(C)n1c(SCC(=O)O)nc2c(CC)nn(C)c21. The molecule has 2 rings (SSSR count). The van der Waals surface area contributed by atoms with E-state index >= 15 is 0 Å². The molecule has 7 heteroatoms. The number of carboxylic acid groups (broad SMARTS) is 1. The summed E-state index contributed by atoms with van der Waals surface area (Å²) in [5.41, 5.74) is 2.67.